The van der Waals surface area contributed by atoms with E-state index in [1.54, 1.807) is 9.80 Å². The van der Waals surface area contributed by atoms with Gasteiger partial charge in [-0.1, -0.05) is 60.7 Å². The Kier molecular flexibility index (Phi) is 10.8. The van der Waals surface area contributed by atoms with Crippen molar-refractivity contribution in [2.24, 2.45) is 0 Å². The third kappa shape index (κ3) is 8.15. The van der Waals surface area contributed by atoms with Crippen LogP contribution in [-0.4, -0.2) is 89.0 Å². The minimum Gasteiger partial charge on any atom is -0.461 e. The van der Waals surface area contributed by atoms with Crippen LogP contribution in [0.3, 0.4) is 0 Å². The number of aryl methyl sites for hydroxylation is 1. The van der Waals surface area contributed by atoms with E-state index in [1.807, 2.05) is 51.1 Å². The molecule has 0 bridgehead atoms. The largest absolute Gasteiger partial charge is 0.461 e. The van der Waals surface area contributed by atoms with E-state index in [4.69, 9.17) is 24.2 Å². The summed E-state index contributed by atoms with van der Waals surface area (Å²) in [5.74, 6) is 0.763. The quantitative estimate of drug-likeness (QED) is 0.187. The minimum absolute atomic E-state index is 0.157. The van der Waals surface area contributed by atoms with Gasteiger partial charge in [0.2, 0.25) is 0 Å². The predicted molar refractivity (Wildman–Crippen MR) is 206 cm³/mol. The number of anilines is 2. The van der Waals surface area contributed by atoms with E-state index in [2.05, 4.69) is 59.2 Å². The number of ether oxygens (including phenoxy) is 3. The lowest BCUT2D eigenvalue weighted by atomic mass is 9.99. The summed E-state index contributed by atoms with van der Waals surface area (Å²) < 4.78 is 17.8. The molecule has 4 heterocycles. The Morgan fingerprint density at radius 1 is 0.889 bits per heavy atom. The molecule has 7 rings (SSSR count). The van der Waals surface area contributed by atoms with Gasteiger partial charge in [0, 0.05) is 49.4 Å². The highest BCUT2D eigenvalue weighted by Crippen LogP contribution is 2.36. The molecule has 0 aliphatic carbocycles. The van der Waals surface area contributed by atoms with Crippen LogP contribution >= 0.6 is 0 Å². The van der Waals surface area contributed by atoms with E-state index in [9.17, 15) is 14.9 Å². The van der Waals surface area contributed by atoms with Crippen LogP contribution in [0.25, 0.3) is 10.8 Å². The summed E-state index contributed by atoms with van der Waals surface area (Å²) in [5, 5.41) is 12.2. The Labute approximate surface area is 317 Å². The van der Waals surface area contributed by atoms with Crippen LogP contribution < -0.4 is 14.5 Å². The van der Waals surface area contributed by atoms with Crippen molar-refractivity contribution in [3.05, 3.63) is 89.1 Å². The van der Waals surface area contributed by atoms with Crippen molar-refractivity contribution in [3.8, 4) is 12.1 Å². The van der Waals surface area contributed by atoms with Crippen LogP contribution in [0.4, 0.5) is 21.1 Å². The van der Waals surface area contributed by atoms with Gasteiger partial charge in [0.25, 0.3) is 0 Å². The number of carbonyl (C=O) groups is 2. The van der Waals surface area contributed by atoms with E-state index >= 15 is 0 Å². The molecule has 3 aromatic carbocycles. The zero-order valence-corrected chi connectivity index (χ0v) is 31.7. The number of aromatic nitrogens is 2. The first-order chi connectivity index (χ1) is 26.1. The Morgan fingerprint density at radius 3 is 2.44 bits per heavy atom. The Bertz CT molecular complexity index is 2020. The maximum atomic E-state index is 13.3. The molecular formula is C42H49N7O5. The molecule has 2 fully saturated rings. The molecule has 2 saturated heterocycles. The molecule has 54 heavy (non-hydrogen) atoms. The number of benzene rings is 3. The number of carbonyl (C=O) groups excluding carboxylic acids is 2. The van der Waals surface area contributed by atoms with Crippen molar-refractivity contribution in [2.75, 3.05) is 49.1 Å². The Balaban J connectivity index is 1.16. The fourth-order valence-corrected chi connectivity index (χ4v) is 7.80. The fraction of sp³-hybridized carbons (Fsp3) is 0.452. The molecule has 0 saturated carbocycles. The monoisotopic (exact) mass is 731 g/mol. The van der Waals surface area contributed by atoms with Gasteiger partial charge in [-0.25, -0.2) is 9.59 Å². The molecular weight excluding hydrogens is 683 g/mol. The molecule has 0 radical (unpaired) electrons. The summed E-state index contributed by atoms with van der Waals surface area (Å²) in [7, 11) is 0. The van der Waals surface area contributed by atoms with Crippen LogP contribution in [0.15, 0.2) is 66.7 Å². The second kappa shape index (κ2) is 15.8. The average molecular weight is 732 g/mol. The molecule has 2 amide bonds. The number of rotatable bonds is 8. The van der Waals surface area contributed by atoms with Crippen molar-refractivity contribution < 1.29 is 23.8 Å². The van der Waals surface area contributed by atoms with Crippen molar-refractivity contribution in [1.29, 1.82) is 5.26 Å². The smallest absolute Gasteiger partial charge is 0.410 e. The topological polar surface area (TPSA) is 124 Å². The van der Waals surface area contributed by atoms with Gasteiger partial charge >= 0.3 is 18.2 Å². The van der Waals surface area contributed by atoms with E-state index in [0.29, 0.717) is 39.1 Å². The molecule has 3 aliphatic heterocycles. The van der Waals surface area contributed by atoms with E-state index < -0.39 is 11.7 Å². The summed E-state index contributed by atoms with van der Waals surface area (Å²) in [6.07, 6.45) is 1.75. The molecule has 1 unspecified atom stereocenters. The lowest BCUT2D eigenvalue weighted by Gasteiger charge is -2.42. The number of nitrogens with zero attached hydrogens (tertiary/aromatic N) is 7. The van der Waals surface area contributed by atoms with Gasteiger partial charge in [-0.15, -0.1) is 0 Å². The number of amides is 2. The van der Waals surface area contributed by atoms with Crippen molar-refractivity contribution in [3.63, 3.8) is 0 Å². The molecule has 1 aromatic heterocycles. The number of likely N-dealkylation sites (tertiary alicyclic amines) is 1. The standard InChI is InChI=1S/C42H49N7O5/c1-29-11-8-14-31-15-9-17-36(37(29)31)46-22-19-34-35(26-46)44-39(52-28-33-16-10-21-48(33)41(51)54-42(2,3)4)45-38(34)47-23-24-49(32(25-47)18-20-43)40(50)53-27-30-12-6-5-7-13-30/h5-9,11-15,17,32-33H,10,16,18-19,21-28H2,1-4H3/t32-,33?/m0/s1. The van der Waals surface area contributed by atoms with Gasteiger partial charge in [-0.2, -0.15) is 15.2 Å². The highest BCUT2D eigenvalue weighted by atomic mass is 16.6. The van der Waals surface area contributed by atoms with Gasteiger partial charge in [0.05, 0.1) is 36.8 Å². The van der Waals surface area contributed by atoms with Crippen molar-refractivity contribution in [2.45, 2.75) is 84.2 Å². The second-order valence-corrected chi connectivity index (χ2v) is 15.4. The summed E-state index contributed by atoms with van der Waals surface area (Å²) in [5.41, 5.74) is 4.61. The number of hydrogen-bond acceptors (Lipinski definition) is 10. The normalized spacial score (nSPS) is 18.6. The Morgan fingerprint density at radius 2 is 1.67 bits per heavy atom. The summed E-state index contributed by atoms with van der Waals surface area (Å²) in [6.45, 7) is 11.4. The third-order valence-corrected chi connectivity index (χ3v) is 10.4. The molecule has 4 aromatic rings. The SMILES string of the molecule is Cc1cccc2cccc(N3CCc4c(nc(OCC5CCCN5C(=O)OC(C)(C)C)nc4N4CCN(C(=O)OCc5ccccc5)[C@@H](CC#N)C4)C3)c12. The van der Waals surface area contributed by atoms with Crippen LogP contribution in [0.2, 0.25) is 0 Å². The molecule has 0 N–H and O–H groups in total. The van der Waals surface area contributed by atoms with E-state index in [-0.39, 0.29) is 43.8 Å². The molecule has 12 heteroatoms. The second-order valence-electron chi connectivity index (χ2n) is 15.4. The first kappa shape index (κ1) is 36.8. The molecule has 0 spiro atoms. The molecule has 2 atom stereocenters. The lowest BCUT2D eigenvalue weighted by Crippen LogP contribution is -2.55. The van der Waals surface area contributed by atoms with E-state index in [0.717, 1.165) is 47.7 Å². The van der Waals surface area contributed by atoms with Gasteiger partial charge in [-0.05, 0) is 69.5 Å². The van der Waals surface area contributed by atoms with Gasteiger partial charge in [0.1, 0.15) is 24.6 Å². The number of piperazine rings is 1. The first-order valence-electron chi connectivity index (χ1n) is 18.9. The average Bonchev–Trinajstić information content (AvgIpc) is 3.64. The van der Waals surface area contributed by atoms with Crippen LogP contribution in [0, 0.1) is 18.3 Å². The summed E-state index contributed by atoms with van der Waals surface area (Å²) in [4.78, 5) is 44.4. The fourth-order valence-electron chi connectivity index (χ4n) is 7.80. The zero-order chi connectivity index (χ0) is 37.8. The highest BCUT2D eigenvalue weighted by molar-refractivity contribution is 5.97. The van der Waals surface area contributed by atoms with Gasteiger partial charge in [-0.3, -0.25) is 0 Å². The maximum absolute atomic E-state index is 13.3. The number of hydrogen-bond donors (Lipinski definition) is 0. The van der Waals surface area contributed by atoms with Crippen LogP contribution in [0.1, 0.15) is 62.4 Å². The van der Waals surface area contributed by atoms with Crippen LogP contribution in [0.5, 0.6) is 6.01 Å². The summed E-state index contributed by atoms with van der Waals surface area (Å²) >= 11 is 0. The first-order valence-corrected chi connectivity index (χ1v) is 18.9. The highest BCUT2D eigenvalue weighted by Gasteiger charge is 2.36. The van der Waals surface area contributed by atoms with E-state index in [1.165, 1.54) is 16.3 Å². The third-order valence-electron chi connectivity index (χ3n) is 10.4. The van der Waals surface area contributed by atoms with Gasteiger partial charge < -0.3 is 33.8 Å². The maximum Gasteiger partial charge on any atom is 0.410 e. The minimum atomic E-state index is -0.595. The number of fused-ring (bicyclic) bond motifs is 2. The van der Waals surface area contributed by atoms with Crippen LogP contribution in [-0.2, 0) is 29.0 Å². The lowest BCUT2D eigenvalue weighted by molar-refractivity contribution is 0.0183. The molecule has 282 valence electrons. The summed E-state index contributed by atoms with van der Waals surface area (Å²) in [6, 6.07) is 24.4. The molecule has 12 nitrogen and oxygen atoms in total. The molecule has 3 aliphatic rings. The van der Waals surface area contributed by atoms with Crippen molar-refractivity contribution >= 4 is 34.5 Å². The number of nitriles is 1. The van der Waals surface area contributed by atoms with Gasteiger partial charge in [0.15, 0.2) is 0 Å². The predicted octanol–water partition coefficient (Wildman–Crippen LogP) is 7.02. The Hall–Kier alpha value is -5.57. The van der Waals surface area contributed by atoms with Crippen molar-refractivity contribution in [1.82, 2.24) is 19.8 Å². The zero-order valence-electron chi connectivity index (χ0n) is 31.7.